The maximum atomic E-state index is 4.12. The van der Waals surface area contributed by atoms with Gasteiger partial charge >= 0.3 is 0 Å². The first-order chi connectivity index (χ1) is 6.83. The highest BCUT2D eigenvalue weighted by Gasteiger charge is 2.19. The molecule has 1 atom stereocenters. The van der Waals surface area contributed by atoms with Crippen LogP contribution in [0.2, 0.25) is 0 Å². The Morgan fingerprint density at radius 1 is 1.43 bits per heavy atom. The van der Waals surface area contributed by atoms with Crippen molar-refractivity contribution in [1.82, 2.24) is 40.8 Å². The molecule has 9 heteroatoms. The lowest BCUT2D eigenvalue weighted by Crippen LogP contribution is -2.13. The molecule has 0 aliphatic heterocycles. The molecule has 0 aliphatic rings. The Labute approximate surface area is 84.5 Å². The van der Waals surface area contributed by atoms with Crippen molar-refractivity contribution >= 4 is 12.6 Å². The van der Waals surface area contributed by atoms with Gasteiger partial charge in [-0.05, 0) is 27.3 Å². The summed E-state index contributed by atoms with van der Waals surface area (Å²) in [7, 11) is 0. The predicted octanol–water partition coefficient (Wildman–Crippen LogP) is -0.526. The van der Waals surface area contributed by atoms with E-state index in [9.17, 15) is 0 Å². The number of thiol groups is 1. The van der Waals surface area contributed by atoms with E-state index in [1.807, 2.05) is 6.92 Å². The quantitative estimate of drug-likeness (QED) is 0.664. The van der Waals surface area contributed by atoms with Gasteiger partial charge in [-0.1, -0.05) is 6.92 Å². The Kier molecular flexibility index (Phi) is 2.39. The van der Waals surface area contributed by atoms with Gasteiger partial charge in [0.15, 0.2) is 5.82 Å². The molecule has 0 aliphatic carbocycles. The van der Waals surface area contributed by atoms with Crippen LogP contribution in [-0.4, -0.2) is 40.8 Å². The molecule has 74 valence electrons. The maximum absolute atomic E-state index is 4.12. The number of tetrazole rings is 2. The summed E-state index contributed by atoms with van der Waals surface area (Å²) in [6.45, 7) is 1.99. The lowest BCUT2D eigenvalue weighted by molar-refractivity contribution is 0.441. The van der Waals surface area contributed by atoms with Crippen molar-refractivity contribution in [2.24, 2.45) is 0 Å². The first-order valence-electron chi connectivity index (χ1n) is 4.03. The topological polar surface area (TPSA) is 98.1 Å². The predicted molar refractivity (Wildman–Crippen MR) is 47.7 cm³/mol. The highest BCUT2D eigenvalue weighted by atomic mass is 32.1. The molecular weight excluding hydrogens is 204 g/mol. The zero-order chi connectivity index (χ0) is 9.97. The fourth-order valence-electron chi connectivity index (χ4n) is 1.18. The average molecular weight is 212 g/mol. The number of aromatic nitrogens is 8. The molecule has 0 bridgehead atoms. The Morgan fingerprint density at radius 2 is 2.29 bits per heavy atom. The maximum Gasteiger partial charge on any atom is 0.206 e. The zero-order valence-corrected chi connectivity index (χ0v) is 8.26. The minimum absolute atomic E-state index is 0.104. The number of hydrogen-bond acceptors (Lipinski definition) is 7. The van der Waals surface area contributed by atoms with E-state index in [0.717, 1.165) is 6.42 Å². The summed E-state index contributed by atoms with van der Waals surface area (Å²) < 4.78 is 1.56. The van der Waals surface area contributed by atoms with E-state index < -0.39 is 0 Å². The van der Waals surface area contributed by atoms with Gasteiger partial charge in [0.1, 0.15) is 6.04 Å². The number of rotatable bonds is 3. The van der Waals surface area contributed by atoms with Crippen LogP contribution < -0.4 is 0 Å². The molecule has 14 heavy (non-hydrogen) atoms. The minimum Gasteiger partial charge on any atom is -0.241 e. The first-order valence-corrected chi connectivity index (χ1v) is 4.48. The molecule has 2 aromatic heterocycles. The SMILES string of the molecule is CCC(c1nnn[nH]1)n1nnnc1S. The van der Waals surface area contributed by atoms with E-state index in [1.54, 1.807) is 4.68 Å². The van der Waals surface area contributed by atoms with Gasteiger partial charge in [0, 0.05) is 0 Å². The van der Waals surface area contributed by atoms with Crippen molar-refractivity contribution < 1.29 is 0 Å². The van der Waals surface area contributed by atoms with Crippen LogP contribution in [0, 0.1) is 0 Å². The normalized spacial score (nSPS) is 13.0. The standard InChI is InChI=1S/C5H8N8S/c1-2-3(4-6-9-10-7-4)13-5(14)8-11-12-13/h3H,2H2,1H3,(H,8,12,14)(H,6,7,9,10). The molecule has 0 saturated heterocycles. The van der Waals surface area contributed by atoms with E-state index in [4.69, 9.17) is 0 Å². The fraction of sp³-hybridized carbons (Fsp3) is 0.600. The molecule has 2 aromatic rings. The monoisotopic (exact) mass is 212 g/mol. The summed E-state index contributed by atoms with van der Waals surface area (Å²) in [6, 6.07) is -0.104. The van der Waals surface area contributed by atoms with Crippen molar-refractivity contribution in [3.8, 4) is 0 Å². The summed E-state index contributed by atoms with van der Waals surface area (Å²) >= 11 is 4.12. The number of H-pyrrole nitrogens is 1. The second kappa shape index (κ2) is 3.70. The third kappa shape index (κ3) is 1.45. The second-order valence-corrected chi connectivity index (χ2v) is 3.03. The van der Waals surface area contributed by atoms with Gasteiger partial charge in [0.2, 0.25) is 5.16 Å². The van der Waals surface area contributed by atoms with Gasteiger partial charge in [-0.25, -0.2) is 9.78 Å². The fourth-order valence-corrected chi connectivity index (χ4v) is 1.40. The van der Waals surface area contributed by atoms with E-state index in [-0.39, 0.29) is 6.04 Å². The zero-order valence-electron chi connectivity index (χ0n) is 7.36. The second-order valence-electron chi connectivity index (χ2n) is 2.63. The van der Waals surface area contributed by atoms with Crippen LogP contribution in [0.25, 0.3) is 0 Å². The van der Waals surface area contributed by atoms with Crippen LogP contribution in [0.4, 0.5) is 0 Å². The summed E-state index contributed by atoms with van der Waals surface area (Å²) in [5, 5.41) is 24.9. The van der Waals surface area contributed by atoms with Gasteiger partial charge in [0.05, 0.1) is 0 Å². The Morgan fingerprint density at radius 3 is 2.79 bits per heavy atom. The van der Waals surface area contributed by atoms with E-state index in [1.165, 1.54) is 0 Å². The molecule has 0 saturated carbocycles. The third-order valence-corrected chi connectivity index (χ3v) is 2.13. The summed E-state index contributed by atoms with van der Waals surface area (Å²) in [4.78, 5) is 0. The minimum atomic E-state index is -0.104. The van der Waals surface area contributed by atoms with Crippen molar-refractivity contribution in [3.63, 3.8) is 0 Å². The first kappa shape index (κ1) is 9.06. The Hall–Kier alpha value is -1.51. The lowest BCUT2D eigenvalue weighted by Gasteiger charge is -2.10. The molecule has 0 spiro atoms. The van der Waals surface area contributed by atoms with E-state index >= 15 is 0 Å². The number of hydrogen-bond donors (Lipinski definition) is 2. The van der Waals surface area contributed by atoms with E-state index in [2.05, 4.69) is 48.8 Å². The molecule has 0 radical (unpaired) electrons. The summed E-state index contributed by atoms with van der Waals surface area (Å²) in [5.74, 6) is 0.620. The van der Waals surface area contributed by atoms with Crippen LogP contribution in [0.1, 0.15) is 25.2 Å². The van der Waals surface area contributed by atoms with Crippen LogP contribution in [0.3, 0.4) is 0 Å². The average Bonchev–Trinajstić information content (AvgIpc) is 2.80. The van der Waals surface area contributed by atoms with Gasteiger partial charge in [-0.2, -0.15) is 0 Å². The molecule has 2 heterocycles. The van der Waals surface area contributed by atoms with Crippen molar-refractivity contribution in [2.45, 2.75) is 24.5 Å². The highest BCUT2D eigenvalue weighted by Crippen LogP contribution is 2.18. The molecule has 0 fully saturated rings. The molecule has 1 N–H and O–H groups in total. The van der Waals surface area contributed by atoms with Crippen LogP contribution in [-0.2, 0) is 0 Å². The Bertz CT molecular complexity index is 394. The van der Waals surface area contributed by atoms with Gasteiger partial charge in [0.25, 0.3) is 0 Å². The third-order valence-electron chi connectivity index (χ3n) is 1.83. The van der Waals surface area contributed by atoms with Gasteiger partial charge in [-0.3, -0.25) is 0 Å². The van der Waals surface area contributed by atoms with E-state index in [0.29, 0.717) is 11.0 Å². The van der Waals surface area contributed by atoms with Crippen LogP contribution >= 0.6 is 12.6 Å². The van der Waals surface area contributed by atoms with Crippen molar-refractivity contribution in [3.05, 3.63) is 5.82 Å². The Balaban J connectivity index is 2.36. The van der Waals surface area contributed by atoms with Crippen molar-refractivity contribution in [2.75, 3.05) is 0 Å². The number of aromatic amines is 1. The molecule has 0 amide bonds. The van der Waals surface area contributed by atoms with Crippen molar-refractivity contribution in [1.29, 1.82) is 0 Å². The number of nitrogens with one attached hydrogen (secondary N) is 1. The largest absolute Gasteiger partial charge is 0.241 e. The van der Waals surface area contributed by atoms with Gasteiger partial charge in [-0.15, -0.1) is 22.8 Å². The van der Waals surface area contributed by atoms with Crippen LogP contribution in [0.15, 0.2) is 5.16 Å². The summed E-state index contributed by atoms with van der Waals surface area (Å²) in [5.41, 5.74) is 0. The molecule has 8 nitrogen and oxygen atoms in total. The van der Waals surface area contributed by atoms with Gasteiger partial charge < -0.3 is 0 Å². The number of nitrogens with zero attached hydrogens (tertiary/aromatic N) is 7. The molecular formula is C5H8N8S. The molecule has 1 unspecified atom stereocenters. The van der Waals surface area contributed by atoms with Crippen LogP contribution in [0.5, 0.6) is 0 Å². The highest BCUT2D eigenvalue weighted by molar-refractivity contribution is 7.80. The smallest absolute Gasteiger partial charge is 0.206 e. The molecule has 0 aromatic carbocycles. The summed E-state index contributed by atoms with van der Waals surface area (Å²) in [6.07, 6.45) is 0.773. The lowest BCUT2D eigenvalue weighted by atomic mass is 10.2. The molecule has 2 rings (SSSR count).